The van der Waals surface area contributed by atoms with Crippen LogP contribution in [0.2, 0.25) is 0 Å². The molecule has 2 amide bonds. The number of fused-ring (bicyclic) bond motifs is 1. The molecule has 3 rings (SSSR count). The highest BCUT2D eigenvalue weighted by Gasteiger charge is 2.30. The second-order valence-corrected chi connectivity index (χ2v) is 5.38. The monoisotopic (exact) mass is 314 g/mol. The van der Waals surface area contributed by atoms with Gasteiger partial charge in [-0.25, -0.2) is 4.98 Å². The molecular formula is C16H18N4O3. The summed E-state index contributed by atoms with van der Waals surface area (Å²) in [6.07, 6.45) is 4.12. The predicted molar refractivity (Wildman–Crippen MR) is 84.3 cm³/mol. The van der Waals surface area contributed by atoms with Gasteiger partial charge in [-0.05, 0) is 23.8 Å². The number of carbonyl (C=O) groups is 2. The van der Waals surface area contributed by atoms with Gasteiger partial charge in [-0.1, -0.05) is 0 Å². The molecule has 0 spiro atoms. The molecule has 120 valence electrons. The number of imidazole rings is 1. The Labute approximate surface area is 133 Å². The summed E-state index contributed by atoms with van der Waals surface area (Å²) in [7, 11) is 1.57. The number of rotatable bonds is 5. The number of ether oxygens (including phenoxy) is 1. The number of benzene rings is 1. The van der Waals surface area contributed by atoms with Crippen molar-refractivity contribution >= 4 is 17.5 Å². The van der Waals surface area contributed by atoms with E-state index in [-0.39, 0.29) is 18.2 Å². The van der Waals surface area contributed by atoms with Crippen LogP contribution in [0.1, 0.15) is 23.6 Å². The molecular weight excluding hydrogens is 296 g/mol. The van der Waals surface area contributed by atoms with Crippen molar-refractivity contribution in [3.63, 3.8) is 0 Å². The number of hydrogen-bond donors (Lipinski definition) is 3. The molecule has 2 heterocycles. The molecule has 23 heavy (non-hydrogen) atoms. The molecule has 7 heteroatoms. The van der Waals surface area contributed by atoms with E-state index in [0.717, 1.165) is 11.3 Å². The minimum absolute atomic E-state index is 0.135. The Bertz CT molecular complexity index is 712. The molecule has 1 unspecified atom stereocenters. The van der Waals surface area contributed by atoms with E-state index < -0.39 is 5.92 Å². The number of nitrogens with one attached hydrogen (secondary N) is 3. The highest BCUT2D eigenvalue weighted by molar-refractivity contribution is 6.01. The van der Waals surface area contributed by atoms with E-state index >= 15 is 0 Å². The third kappa shape index (κ3) is 3.33. The van der Waals surface area contributed by atoms with Crippen LogP contribution in [0.3, 0.4) is 0 Å². The highest BCUT2D eigenvalue weighted by atomic mass is 16.5. The van der Waals surface area contributed by atoms with Crippen LogP contribution in [0.4, 0.5) is 5.69 Å². The molecule has 0 aliphatic carbocycles. The number of aromatic nitrogens is 2. The molecule has 1 atom stereocenters. The second-order valence-electron chi connectivity index (χ2n) is 5.38. The van der Waals surface area contributed by atoms with E-state index in [2.05, 4.69) is 20.6 Å². The molecule has 0 radical (unpaired) electrons. The average molecular weight is 314 g/mol. The van der Waals surface area contributed by atoms with Gasteiger partial charge in [-0.3, -0.25) is 9.59 Å². The van der Waals surface area contributed by atoms with Gasteiger partial charge in [-0.15, -0.1) is 0 Å². The summed E-state index contributed by atoms with van der Waals surface area (Å²) in [5.74, 6) is -0.156. The van der Waals surface area contributed by atoms with Crippen LogP contribution >= 0.6 is 0 Å². The number of hydrogen-bond acceptors (Lipinski definition) is 4. The number of amides is 2. The third-order valence-electron chi connectivity index (χ3n) is 3.86. The summed E-state index contributed by atoms with van der Waals surface area (Å²) in [5, 5.41) is 5.67. The van der Waals surface area contributed by atoms with Crippen LogP contribution in [0.25, 0.3) is 0 Å². The molecule has 3 N–H and O–H groups in total. The maximum atomic E-state index is 12.5. The van der Waals surface area contributed by atoms with Gasteiger partial charge >= 0.3 is 0 Å². The first-order valence-corrected chi connectivity index (χ1v) is 7.40. The topological polar surface area (TPSA) is 96.1 Å². The summed E-state index contributed by atoms with van der Waals surface area (Å²) in [6.45, 7) is 0.485. The maximum Gasteiger partial charge on any atom is 0.228 e. The number of anilines is 1. The normalized spacial score (nSPS) is 16.4. The Morgan fingerprint density at radius 1 is 1.48 bits per heavy atom. The van der Waals surface area contributed by atoms with Crippen molar-refractivity contribution in [3.05, 3.63) is 42.0 Å². The fraction of sp³-hybridized carbons (Fsp3) is 0.312. The van der Waals surface area contributed by atoms with E-state index in [1.165, 1.54) is 0 Å². The van der Waals surface area contributed by atoms with Crippen LogP contribution in [0.15, 0.2) is 30.7 Å². The van der Waals surface area contributed by atoms with Crippen LogP contribution in [-0.4, -0.2) is 35.4 Å². The number of methoxy groups -OCH3 is 1. The van der Waals surface area contributed by atoms with E-state index in [0.29, 0.717) is 24.4 Å². The summed E-state index contributed by atoms with van der Waals surface area (Å²) >= 11 is 0. The van der Waals surface area contributed by atoms with Crippen molar-refractivity contribution in [2.75, 3.05) is 19.0 Å². The standard InChI is InChI=1S/C16H18N4O3/c1-23-11-2-3-14-12(6-11)13(7-15(21)20-14)16(22)18-5-4-10-8-17-9-19-10/h2-3,6,8-9,13H,4-5,7H2,1H3,(H,17,19)(H,18,22)(H,20,21). The quantitative estimate of drug-likeness (QED) is 0.773. The lowest BCUT2D eigenvalue weighted by Crippen LogP contribution is -2.36. The van der Waals surface area contributed by atoms with Crippen molar-refractivity contribution in [2.24, 2.45) is 0 Å². The van der Waals surface area contributed by atoms with Crippen LogP contribution < -0.4 is 15.4 Å². The van der Waals surface area contributed by atoms with Gasteiger partial charge in [-0.2, -0.15) is 0 Å². The van der Waals surface area contributed by atoms with Crippen LogP contribution in [0.5, 0.6) is 5.75 Å². The van der Waals surface area contributed by atoms with Gasteiger partial charge in [0.1, 0.15) is 5.75 Å². The maximum absolute atomic E-state index is 12.5. The van der Waals surface area contributed by atoms with Crippen molar-refractivity contribution < 1.29 is 14.3 Å². The first kappa shape index (κ1) is 15.1. The van der Waals surface area contributed by atoms with E-state index in [9.17, 15) is 9.59 Å². The summed E-state index contributed by atoms with van der Waals surface area (Å²) in [5.41, 5.74) is 2.40. The van der Waals surface area contributed by atoms with Gasteiger partial charge in [0.25, 0.3) is 0 Å². The predicted octanol–water partition coefficient (Wildman–Crippen LogP) is 1.20. The molecule has 2 aromatic rings. The molecule has 1 aliphatic rings. The van der Waals surface area contributed by atoms with E-state index in [4.69, 9.17) is 4.74 Å². The fourth-order valence-electron chi connectivity index (χ4n) is 2.67. The zero-order valence-corrected chi connectivity index (χ0v) is 12.8. The first-order valence-electron chi connectivity index (χ1n) is 7.40. The molecule has 1 aromatic carbocycles. The van der Waals surface area contributed by atoms with Gasteiger partial charge in [0, 0.05) is 37.0 Å². The number of H-pyrrole nitrogens is 1. The zero-order valence-electron chi connectivity index (χ0n) is 12.8. The van der Waals surface area contributed by atoms with Crippen LogP contribution in [0, 0.1) is 0 Å². The second kappa shape index (κ2) is 6.51. The Kier molecular flexibility index (Phi) is 4.27. The Balaban J connectivity index is 1.71. The number of carbonyl (C=O) groups excluding carboxylic acids is 2. The van der Waals surface area contributed by atoms with E-state index in [1.54, 1.807) is 37.8 Å². The van der Waals surface area contributed by atoms with Gasteiger partial charge in [0.15, 0.2) is 0 Å². The lowest BCUT2D eigenvalue weighted by atomic mass is 9.89. The third-order valence-corrected chi connectivity index (χ3v) is 3.86. The fourth-order valence-corrected chi connectivity index (χ4v) is 2.67. The molecule has 1 aromatic heterocycles. The summed E-state index contributed by atoms with van der Waals surface area (Å²) < 4.78 is 5.21. The number of aromatic amines is 1. The lowest BCUT2D eigenvalue weighted by molar-refractivity contribution is -0.126. The van der Waals surface area contributed by atoms with Gasteiger partial charge < -0.3 is 20.4 Å². The van der Waals surface area contributed by atoms with Crippen LogP contribution in [-0.2, 0) is 16.0 Å². The summed E-state index contributed by atoms with van der Waals surface area (Å²) in [6, 6.07) is 5.32. The Morgan fingerprint density at radius 3 is 3.09 bits per heavy atom. The SMILES string of the molecule is COc1ccc2c(c1)C(C(=O)NCCc1cnc[nH]1)CC(=O)N2. The minimum Gasteiger partial charge on any atom is -0.497 e. The largest absolute Gasteiger partial charge is 0.497 e. The first-order chi connectivity index (χ1) is 11.2. The molecule has 0 saturated carbocycles. The lowest BCUT2D eigenvalue weighted by Gasteiger charge is -2.25. The molecule has 1 aliphatic heterocycles. The average Bonchev–Trinajstić information content (AvgIpc) is 3.07. The van der Waals surface area contributed by atoms with E-state index in [1.807, 2.05) is 0 Å². The van der Waals surface area contributed by atoms with Crippen molar-refractivity contribution in [1.82, 2.24) is 15.3 Å². The van der Waals surface area contributed by atoms with Gasteiger partial charge in [0.05, 0.1) is 19.4 Å². The van der Waals surface area contributed by atoms with Gasteiger partial charge in [0.2, 0.25) is 11.8 Å². The molecule has 7 nitrogen and oxygen atoms in total. The molecule has 0 bridgehead atoms. The smallest absolute Gasteiger partial charge is 0.228 e. The Hall–Kier alpha value is -2.83. The van der Waals surface area contributed by atoms with Crippen molar-refractivity contribution in [2.45, 2.75) is 18.8 Å². The summed E-state index contributed by atoms with van der Waals surface area (Å²) in [4.78, 5) is 31.2. The van der Waals surface area contributed by atoms with Crippen molar-refractivity contribution in [3.8, 4) is 5.75 Å². The molecule has 0 fully saturated rings. The molecule has 0 saturated heterocycles. The Morgan fingerprint density at radius 2 is 2.35 bits per heavy atom. The minimum atomic E-state index is -0.504. The number of nitrogens with zero attached hydrogens (tertiary/aromatic N) is 1. The van der Waals surface area contributed by atoms with Crippen molar-refractivity contribution in [1.29, 1.82) is 0 Å². The highest BCUT2D eigenvalue weighted by Crippen LogP contribution is 2.34. The zero-order chi connectivity index (χ0) is 16.2.